The molecule has 18 heavy (non-hydrogen) atoms. The lowest BCUT2D eigenvalue weighted by Crippen LogP contribution is -2.35. The summed E-state index contributed by atoms with van der Waals surface area (Å²) in [6.07, 6.45) is 1.01. The number of benzene rings is 1. The fourth-order valence-corrected chi connectivity index (χ4v) is 3.01. The summed E-state index contributed by atoms with van der Waals surface area (Å²) >= 11 is 1.56. The van der Waals surface area contributed by atoms with Crippen LogP contribution in [-0.2, 0) is 4.74 Å². The molecule has 0 aliphatic carbocycles. The van der Waals surface area contributed by atoms with Gasteiger partial charge in [-0.05, 0) is 31.5 Å². The van der Waals surface area contributed by atoms with E-state index in [2.05, 4.69) is 12.2 Å². The molecule has 0 spiro atoms. The summed E-state index contributed by atoms with van der Waals surface area (Å²) < 4.78 is 18.6. The summed E-state index contributed by atoms with van der Waals surface area (Å²) in [4.78, 5) is 0.719. The van der Waals surface area contributed by atoms with Gasteiger partial charge in [-0.2, -0.15) is 0 Å². The zero-order chi connectivity index (χ0) is 13.4. The van der Waals surface area contributed by atoms with Crippen molar-refractivity contribution < 1.29 is 9.13 Å². The Morgan fingerprint density at radius 3 is 2.72 bits per heavy atom. The lowest BCUT2D eigenvalue weighted by molar-refractivity contribution is 0.173. The number of thioether (sulfide) groups is 1. The van der Waals surface area contributed by atoms with E-state index in [-0.39, 0.29) is 5.82 Å². The summed E-state index contributed by atoms with van der Waals surface area (Å²) in [5.74, 6) is 1.23. The first-order valence-electron chi connectivity index (χ1n) is 6.22. The molecule has 0 aliphatic rings. The minimum Gasteiger partial charge on any atom is -0.385 e. The third kappa shape index (κ3) is 4.96. The lowest BCUT2D eigenvalue weighted by atomic mass is 10.0. The maximum absolute atomic E-state index is 13.5. The first-order valence-corrected chi connectivity index (χ1v) is 7.21. The Labute approximate surface area is 113 Å². The molecule has 1 N–H and O–H groups in total. The van der Waals surface area contributed by atoms with Gasteiger partial charge in [0.05, 0.1) is 0 Å². The van der Waals surface area contributed by atoms with Crippen molar-refractivity contribution in [1.29, 1.82) is 0 Å². The Balaban J connectivity index is 2.46. The van der Waals surface area contributed by atoms with Crippen molar-refractivity contribution in [2.45, 2.75) is 24.3 Å². The number of ether oxygens (including phenoxy) is 1. The van der Waals surface area contributed by atoms with Gasteiger partial charge in [-0.3, -0.25) is 0 Å². The van der Waals surface area contributed by atoms with Crippen LogP contribution in [-0.4, -0.2) is 32.6 Å². The molecule has 2 atom stereocenters. The van der Waals surface area contributed by atoms with Crippen molar-refractivity contribution >= 4 is 11.8 Å². The Kier molecular flexibility index (Phi) is 7.32. The number of hydrogen-bond acceptors (Lipinski definition) is 3. The smallest absolute Gasteiger partial charge is 0.136 e. The van der Waals surface area contributed by atoms with E-state index in [1.165, 1.54) is 6.07 Å². The van der Waals surface area contributed by atoms with E-state index >= 15 is 0 Å². The number of nitrogens with one attached hydrogen (secondary N) is 1. The van der Waals surface area contributed by atoms with Crippen LogP contribution in [0, 0.1) is 11.7 Å². The van der Waals surface area contributed by atoms with Gasteiger partial charge < -0.3 is 10.1 Å². The lowest BCUT2D eigenvalue weighted by Gasteiger charge is -2.23. The fourth-order valence-electron chi connectivity index (χ4n) is 1.78. The molecule has 0 aromatic heterocycles. The van der Waals surface area contributed by atoms with Crippen LogP contribution in [0.5, 0.6) is 0 Å². The summed E-state index contributed by atoms with van der Waals surface area (Å²) in [5.41, 5.74) is 0. The molecular weight excluding hydrogens is 249 g/mol. The topological polar surface area (TPSA) is 21.3 Å². The molecule has 0 amide bonds. The van der Waals surface area contributed by atoms with Crippen molar-refractivity contribution in [2.75, 3.05) is 26.5 Å². The highest BCUT2D eigenvalue weighted by atomic mass is 32.2. The predicted octanol–water partition coefficient (Wildman–Crippen LogP) is 3.18. The molecule has 0 fully saturated rings. The molecule has 1 aromatic carbocycles. The van der Waals surface area contributed by atoms with E-state index < -0.39 is 0 Å². The Morgan fingerprint density at radius 1 is 1.39 bits per heavy atom. The first kappa shape index (κ1) is 15.5. The van der Waals surface area contributed by atoms with Crippen molar-refractivity contribution in [3.05, 3.63) is 30.1 Å². The summed E-state index contributed by atoms with van der Waals surface area (Å²) in [6, 6.07) is 7.28. The third-order valence-electron chi connectivity index (χ3n) is 3.09. The second-order valence-corrected chi connectivity index (χ2v) is 5.46. The summed E-state index contributed by atoms with van der Waals surface area (Å²) in [7, 11) is 3.67. The van der Waals surface area contributed by atoms with E-state index in [9.17, 15) is 4.39 Å². The molecule has 4 heteroatoms. The standard InChI is InChI=1S/C14H22FNOS/c1-11(8-9-17-3)13(16-2)10-18-14-7-5-4-6-12(14)15/h4-7,11,13,16H,8-10H2,1-3H3. The van der Waals surface area contributed by atoms with E-state index in [0.29, 0.717) is 12.0 Å². The molecule has 2 nitrogen and oxygen atoms in total. The van der Waals surface area contributed by atoms with Gasteiger partial charge >= 0.3 is 0 Å². The van der Waals surface area contributed by atoms with Crippen LogP contribution in [0.4, 0.5) is 4.39 Å². The van der Waals surface area contributed by atoms with Gasteiger partial charge in [0.1, 0.15) is 5.82 Å². The molecule has 0 heterocycles. The van der Waals surface area contributed by atoms with Gasteiger partial charge in [-0.1, -0.05) is 19.1 Å². The van der Waals surface area contributed by atoms with Crippen molar-refractivity contribution in [3.8, 4) is 0 Å². The van der Waals surface area contributed by atoms with E-state index in [0.717, 1.165) is 23.7 Å². The maximum atomic E-state index is 13.5. The van der Waals surface area contributed by atoms with Gasteiger partial charge in [-0.15, -0.1) is 11.8 Å². The number of halogens is 1. The Morgan fingerprint density at radius 2 is 2.11 bits per heavy atom. The molecule has 0 radical (unpaired) electrons. The van der Waals surface area contributed by atoms with Crippen LogP contribution >= 0.6 is 11.8 Å². The Hall–Kier alpha value is -0.580. The summed E-state index contributed by atoms with van der Waals surface area (Å²) in [6.45, 7) is 2.96. The van der Waals surface area contributed by atoms with Gasteiger partial charge in [0.25, 0.3) is 0 Å². The van der Waals surface area contributed by atoms with Crippen LogP contribution < -0.4 is 5.32 Å². The van der Waals surface area contributed by atoms with Crippen molar-refractivity contribution in [1.82, 2.24) is 5.32 Å². The fraction of sp³-hybridized carbons (Fsp3) is 0.571. The van der Waals surface area contributed by atoms with Crippen LogP contribution in [0.3, 0.4) is 0 Å². The maximum Gasteiger partial charge on any atom is 0.136 e. The Bertz CT molecular complexity index is 348. The molecule has 1 rings (SSSR count). The number of rotatable bonds is 8. The minimum absolute atomic E-state index is 0.137. The zero-order valence-corrected chi connectivity index (χ0v) is 12.1. The van der Waals surface area contributed by atoms with Crippen LogP contribution in [0.1, 0.15) is 13.3 Å². The first-order chi connectivity index (χ1) is 8.69. The van der Waals surface area contributed by atoms with E-state index in [1.807, 2.05) is 19.2 Å². The van der Waals surface area contributed by atoms with Crippen molar-refractivity contribution in [3.63, 3.8) is 0 Å². The molecule has 1 aromatic rings. The number of methoxy groups -OCH3 is 1. The van der Waals surface area contributed by atoms with Gasteiger partial charge in [0, 0.05) is 30.4 Å². The highest BCUT2D eigenvalue weighted by Crippen LogP contribution is 2.24. The predicted molar refractivity (Wildman–Crippen MR) is 75.6 cm³/mol. The zero-order valence-electron chi connectivity index (χ0n) is 11.3. The second-order valence-electron chi connectivity index (χ2n) is 4.40. The molecule has 2 unspecified atom stereocenters. The monoisotopic (exact) mass is 271 g/mol. The van der Waals surface area contributed by atoms with E-state index in [4.69, 9.17) is 4.74 Å². The number of hydrogen-bond donors (Lipinski definition) is 1. The molecular formula is C14H22FNOS. The average molecular weight is 271 g/mol. The second kappa shape index (κ2) is 8.51. The van der Waals surface area contributed by atoms with Crippen molar-refractivity contribution in [2.24, 2.45) is 5.92 Å². The highest BCUT2D eigenvalue weighted by Gasteiger charge is 2.16. The quantitative estimate of drug-likeness (QED) is 0.734. The SMILES string of the molecule is CNC(CSc1ccccc1F)C(C)CCOC. The largest absolute Gasteiger partial charge is 0.385 e. The molecule has 0 aliphatic heterocycles. The average Bonchev–Trinajstić information content (AvgIpc) is 2.39. The van der Waals surface area contributed by atoms with Gasteiger partial charge in [0.15, 0.2) is 0 Å². The van der Waals surface area contributed by atoms with E-state index in [1.54, 1.807) is 24.9 Å². The molecule has 0 saturated heterocycles. The molecule has 0 saturated carbocycles. The van der Waals surface area contributed by atoms with Gasteiger partial charge in [0.2, 0.25) is 0 Å². The molecule has 102 valence electrons. The highest BCUT2D eigenvalue weighted by molar-refractivity contribution is 7.99. The minimum atomic E-state index is -0.137. The van der Waals surface area contributed by atoms with Crippen LogP contribution in [0.15, 0.2) is 29.2 Å². The van der Waals surface area contributed by atoms with Gasteiger partial charge in [-0.25, -0.2) is 4.39 Å². The van der Waals surface area contributed by atoms with Crippen LogP contribution in [0.2, 0.25) is 0 Å². The molecule has 0 bridgehead atoms. The third-order valence-corrected chi connectivity index (χ3v) is 4.26. The van der Waals surface area contributed by atoms with Crippen LogP contribution in [0.25, 0.3) is 0 Å². The normalized spacial score (nSPS) is 14.4. The summed E-state index contributed by atoms with van der Waals surface area (Å²) in [5, 5.41) is 3.30.